The lowest BCUT2D eigenvalue weighted by Gasteiger charge is -2.16. The SMILES string of the molecule is c1ccc2c(c1)oc1c3c(ccc12)-c1sc2ccccc2c1CC3. The Kier molecular flexibility index (Phi) is 2.39. The molecule has 2 aromatic heterocycles. The number of thiophene rings is 1. The topological polar surface area (TPSA) is 13.1 Å². The zero-order valence-corrected chi connectivity index (χ0v) is 13.8. The number of furan rings is 1. The van der Waals surface area contributed by atoms with Crippen LogP contribution >= 0.6 is 11.3 Å². The van der Waals surface area contributed by atoms with Gasteiger partial charge in [0.05, 0.1) is 0 Å². The number of aryl methyl sites for hydroxylation is 2. The molecular formula is C22H14OS. The van der Waals surface area contributed by atoms with Crippen LogP contribution in [0.1, 0.15) is 11.1 Å². The van der Waals surface area contributed by atoms with Gasteiger partial charge in [0.25, 0.3) is 0 Å². The second-order valence-corrected chi connectivity index (χ2v) is 7.52. The summed E-state index contributed by atoms with van der Waals surface area (Å²) in [7, 11) is 0. The Morgan fingerprint density at radius 1 is 0.708 bits per heavy atom. The lowest BCUT2D eigenvalue weighted by Crippen LogP contribution is -2.01. The molecule has 6 rings (SSSR count). The van der Waals surface area contributed by atoms with Crippen molar-refractivity contribution < 1.29 is 4.42 Å². The highest BCUT2D eigenvalue weighted by molar-refractivity contribution is 7.22. The monoisotopic (exact) mass is 326 g/mol. The third-order valence-electron chi connectivity index (χ3n) is 5.22. The van der Waals surface area contributed by atoms with Crippen molar-refractivity contribution in [3.8, 4) is 10.4 Å². The van der Waals surface area contributed by atoms with Crippen LogP contribution < -0.4 is 0 Å². The summed E-state index contributed by atoms with van der Waals surface area (Å²) in [6, 6.07) is 21.7. The van der Waals surface area contributed by atoms with Gasteiger partial charge in [0.15, 0.2) is 0 Å². The first-order chi connectivity index (χ1) is 11.9. The molecule has 0 bridgehead atoms. The molecular weight excluding hydrogens is 312 g/mol. The molecule has 1 aliphatic rings. The summed E-state index contributed by atoms with van der Waals surface area (Å²) < 4.78 is 7.63. The summed E-state index contributed by atoms with van der Waals surface area (Å²) >= 11 is 1.92. The molecule has 0 spiro atoms. The van der Waals surface area contributed by atoms with Crippen LogP contribution in [0.3, 0.4) is 0 Å². The minimum atomic E-state index is 0.989. The van der Waals surface area contributed by atoms with Crippen molar-refractivity contribution in [1.29, 1.82) is 0 Å². The molecule has 0 radical (unpaired) electrons. The second kappa shape index (κ2) is 4.49. The van der Waals surface area contributed by atoms with Crippen LogP contribution in [0.25, 0.3) is 42.5 Å². The van der Waals surface area contributed by atoms with Gasteiger partial charge >= 0.3 is 0 Å². The molecule has 0 N–H and O–H groups in total. The average Bonchev–Trinajstić information content (AvgIpc) is 3.20. The normalized spacial score (nSPS) is 13.5. The fourth-order valence-corrected chi connectivity index (χ4v) is 5.42. The summed E-state index contributed by atoms with van der Waals surface area (Å²) in [6.45, 7) is 0. The Hall–Kier alpha value is -2.58. The lowest BCUT2D eigenvalue weighted by atomic mass is 9.88. The Balaban J connectivity index is 1.73. The highest BCUT2D eigenvalue weighted by Crippen LogP contribution is 2.46. The van der Waals surface area contributed by atoms with E-state index in [9.17, 15) is 0 Å². The minimum Gasteiger partial charge on any atom is -0.456 e. The van der Waals surface area contributed by atoms with E-state index >= 15 is 0 Å². The average molecular weight is 326 g/mol. The largest absolute Gasteiger partial charge is 0.456 e. The predicted octanol–water partition coefficient (Wildman–Crippen LogP) is 6.57. The van der Waals surface area contributed by atoms with Crippen molar-refractivity contribution in [1.82, 2.24) is 0 Å². The van der Waals surface area contributed by atoms with Crippen molar-refractivity contribution in [3.63, 3.8) is 0 Å². The number of fused-ring (bicyclic) bond motifs is 9. The predicted molar refractivity (Wildman–Crippen MR) is 102 cm³/mol. The Morgan fingerprint density at radius 3 is 2.46 bits per heavy atom. The molecule has 0 atom stereocenters. The molecule has 0 saturated heterocycles. The standard InChI is InChI=1S/C22H14OS/c1-3-7-19-13(5-1)15-9-12-18-16(21(15)23-19)10-11-17-14-6-2-4-8-20(14)24-22(17)18/h1-9,12H,10-11H2. The van der Waals surface area contributed by atoms with Crippen molar-refractivity contribution >= 4 is 43.4 Å². The van der Waals surface area contributed by atoms with Gasteiger partial charge in [-0.05, 0) is 47.6 Å². The smallest absolute Gasteiger partial charge is 0.139 e. The van der Waals surface area contributed by atoms with Crippen LogP contribution in [0.2, 0.25) is 0 Å². The van der Waals surface area contributed by atoms with E-state index in [1.165, 1.54) is 42.4 Å². The van der Waals surface area contributed by atoms with E-state index in [-0.39, 0.29) is 0 Å². The molecule has 0 amide bonds. The van der Waals surface area contributed by atoms with Crippen LogP contribution in [0, 0.1) is 0 Å². The summed E-state index contributed by atoms with van der Waals surface area (Å²) in [5.41, 5.74) is 6.32. The number of hydrogen-bond acceptors (Lipinski definition) is 2. The Labute approximate surface area is 143 Å². The van der Waals surface area contributed by atoms with Crippen molar-refractivity contribution in [2.75, 3.05) is 0 Å². The van der Waals surface area contributed by atoms with Gasteiger partial charge < -0.3 is 4.42 Å². The van der Waals surface area contributed by atoms with Gasteiger partial charge in [-0.15, -0.1) is 11.3 Å². The maximum Gasteiger partial charge on any atom is 0.139 e. The van der Waals surface area contributed by atoms with Gasteiger partial charge in [0.1, 0.15) is 11.2 Å². The van der Waals surface area contributed by atoms with Crippen LogP contribution in [-0.2, 0) is 12.8 Å². The first-order valence-electron chi connectivity index (χ1n) is 8.34. The molecule has 1 nitrogen and oxygen atoms in total. The van der Waals surface area contributed by atoms with E-state index in [4.69, 9.17) is 4.42 Å². The van der Waals surface area contributed by atoms with Gasteiger partial charge in [0, 0.05) is 25.9 Å². The summed E-state index contributed by atoms with van der Waals surface area (Å²) in [5.74, 6) is 0. The van der Waals surface area contributed by atoms with Crippen LogP contribution in [-0.4, -0.2) is 0 Å². The van der Waals surface area contributed by atoms with Gasteiger partial charge in [-0.2, -0.15) is 0 Å². The first kappa shape index (κ1) is 12.8. The van der Waals surface area contributed by atoms with Crippen molar-refractivity contribution in [2.24, 2.45) is 0 Å². The van der Waals surface area contributed by atoms with E-state index < -0.39 is 0 Å². The molecule has 2 heterocycles. The Morgan fingerprint density at radius 2 is 1.50 bits per heavy atom. The number of rotatable bonds is 0. The molecule has 0 unspecified atom stereocenters. The summed E-state index contributed by atoms with van der Waals surface area (Å²) in [5, 5.41) is 3.89. The molecule has 0 fully saturated rings. The molecule has 2 heteroatoms. The fraction of sp³-hybridized carbons (Fsp3) is 0.0909. The summed E-state index contributed by atoms with van der Waals surface area (Å²) in [6.07, 6.45) is 2.16. The summed E-state index contributed by atoms with van der Waals surface area (Å²) in [4.78, 5) is 1.43. The Bertz CT molecular complexity index is 1260. The molecule has 114 valence electrons. The number of para-hydroxylation sites is 1. The minimum absolute atomic E-state index is 0.989. The quantitative estimate of drug-likeness (QED) is 0.314. The van der Waals surface area contributed by atoms with E-state index in [2.05, 4.69) is 54.6 Å². The van der Waals surface area contributed by atoms with Gasteiger partial charge in [-0.1, -0.05) is 42.5 Å². The molecule has 0 saturated carbocycles. The van der Waals surface area contributed by atoms with Gasteiger partial charge in [-0.3, -0.25) is 0 Å². The van der Waals surface area contributed by atoms with Gasteiger partial charge in [0.2, 0.25) is 0 Å². The van der Waals surface area contributed by atoms with Crippen LogP contribution in [0.4, 0.5) is 0 Å². The zero-order chi connectivity index (χ0) is 15.7. The third-order valence-corrected chi connectivity index (χ3v) is 6.46. The molecule has 1 aliphatic carbocycles. The lowest BCUT2D eigenvalue weighted by molar-refractivity contribution is 0.661. The molecule has 5 aromatic rings. The highest BCUT2D eigenvalue weighted by atomic mass is 32.1. The molecule has 3 aromatic carbocycles. The fourth-order valence-electron chi connectivity index (χ4n) is 4.12. The van der Waals surface area contributed by atoms with Crippen molar-refractivity contribution in [3.05, 3.63) is 71.8 Å². The van der Waals surface area contributed by atoms with E-state index in [1.807, 2.05) is 17.4 Å². The van der Waals surface area contributed by atoms with Gasteiger partial charge in [-0.25, -0.2) is 0 Å². The number of hydrogen-bond donors (Lipinski definition) is 0. The molecule has 0 aliphatic heterocycles. The van der Waals surface area contributed by atoms with E-state index in [0.29, 0.717) is 0 Å². The zero-order valence-electron chi connectivity index (χ0n) is 13.0. The molecule has 24 heavy (non-hydrogen) atoms. The van der Waals surface area contributed by atoms with E-state index in [0.717, 1.165) is 24.0 Å². The number of benzene rings is 3. The van der Waals surface area contributed by atoms with Crippen molar-refractivity contribution in [2.45, 2.75) is 12.8 Å². The maximum absolute atomic E-state index is 6.24. The van der Waals surface area contributed by atoms with E-state index in [1.54, 1.807) is 0 Å². The highest BCUT2D eigenvalue weighted by Gasteiger charge is 2.24. The first-order valence-corrected chi connectivity index (χ1v) is 9.16. The maximum atomic E-state index is 6.24. The van der Waals surface area contributed by atoms with Crippen LogP contribution in [0.5, 0.6) is 0 Å². The van der Waals surface area contributed by atoms with Crippen LogP contribution in [0.15, 0.2) is 65.1 Å². The second-order valence-electron chi connectivity index (χ2n) is 6.47. The third kappa shape index (κ3) is 1.54.